The van der Waals surface area contributed by atoms with Crippen molar-refractivity contribution in [3.63, 3.8) is 0 Å². The van der Waals surface area contributed by atoms with Gasteiger partial charge in [0.2, 0.25) is 0 Å². The lowest BCUT2D eigenvalue weighted by molar-refractivity contribution is 0.0830. The molecule has 0 saturated carbocycles. The molecule has 1 aliphatic heterocycles. The van der Waals surface area contributed by atoms with Crippen LogP contribution in [0.15, 0.2) is 24.3 Å². The molecule has 1 heterocycles. The topological polar surface area (TPSA) is 23.6 Å². The molecule has 0 N–H and O–H groups in total. The minimum Gasteiger partial charge on any atom is -0.301 e. The highest BCUT2D eigenvalue weighted by molar-refractivity contribution is 5.98. The van der Waals surface area contributed by atoms with Crippen LogP contribution in [-0.2, 0) is 0 Å². The van der Waals surface area contributed by atoms with Gasteiger partial charge in [-0.1, -0.05) is 26.0 Å². The Morgan fingerprint density at radius 3 is 2.43 bits per heavy atom. The Kier molecular flexibility index (Phi) is 5.88. The molecular formula is C17H25FN2O. The number of Topliss-reactive ketones (excluding diaryl/α,β-unsaturated/α-hetero) is 1. The van der Waals surface area contributed by atoms with Crippen LogP contribution in [-0.4, -0.2) is 54.9 Å². The molecule has 1 unspecified atom stereocenters. The summed E-state index contributed by atoms with van der Waals surface area (Å²) in [6.07, 6.45) is 1.18. The van der Waals surface area contributed by atoms with Gasteiger partial charge in [-0.15, -0.1) is 0 Å². The number of carbonyl (C=O) groups excluding carboxylic acids is 1. The summed E-state index contributed by atoms with van der Waals surface area (Å²) >= 11 is 0. The maximum Gasteiger partial charge on any atom is 0.169 e. The van der Waals surface area contributed by atoms with Gasteiger partial charge in [-0.25, -0.2) is 4.39 Å². The highest BCUT2D eigenvalue weighted by Crippen LogP contribution is 2.15. The van der Waals surface area contributed by atoms with E-state index in [0.717, 1.165) is 32.7 Å². The highest BCUT2D eigenvalue weighted by atomic mass is 19.1. The van der Waals surface area contributed by atoms with E-state index in [1.807, 2.05) is 6.92 Å². The van der Waals surface area contributed by atoms with E-state index in [1.54, 1.807) is 18.2 Å². The van der Waals surface area contributed by atoms with Gasteiger partial charge in [0.15, 0.2) is 5.78 Å². The van der Waals surface area contributed by atoms with Crippen molar-refractivity contribution in [3.05, 3.63) is 35.6 Å². The fraction of sp³-hybridized carbons (Fsp3) is 0.588. The second kappa shape index (κ2) is 7.66. The molecule has 0 radical (unpaired) electrons. The van der Waals surface area contributed by atoms with Gasteiger partial charge in [0.1, 0.15) is 5.82 Å². The van der Waals surface area contributed by atoms with Crippen LogP contribution < -0.4 is 0 Å². The summed E-state index contributed by atoms with van der Waals surface area (Å²) < 4.78 is 13.7. The number of nitrogens with zero attached hydrogens (tertiary/aromatic N) is 2. The molecule has 21 heavy (non-hydrogen) atoms. The maximum atomic E-state index is 13.7. The van der Waals surface area contributed by atoms with Crippen LogP contribution in [0.2, 0.25) is 0 Å². The molecule has 2 rings (SSSR count). The molecule has 1 saturated heterocycles. The molecule has 116 valence electrons. The first-order valence-electron chi connectivity index (χ1n) is 7.85. The average molecular weight is 292 g/mol. The van der Waals surface area contributed by atoms with Gasteiger partial charge in [-0.3, -0.25) is 4.79 Å². The Balaban J connectivity index is 1.86. The lowest BCUT2D eigenvalue weighted by Crippen LogP contribution is -2.48. The molecule has 0 amide bonds. The zero-order chi connectivity index (χ0) is 15.2. The van der Waals surface area contributed by atoms with Crippen molar-refractivity contribution in [2.24, 2.45) is 5.92 Å². The minimum absolute atomic E-state index is 0.0934. The Morgan fingerprint density at radius 1 is 1.19 bits per heavy atom. The Hall–Kier alpha value is -1.26. The Bertz CT molecular complexity index is 470. The predicted molar refractivity (Wildman–Crippen MR) is 83.1 cm³/mol. The number of ketones is 1. The van der Waals surface area contributed by atoms with Crippen LogP contribution in [0.4, 0.5) is 4.39 Å². The fourth-order valence-corrected chi connectivity index (χ4v) is 2.91. The van der Waals surface area contributed by atoms with Crippen molar-refractivity contribution in [2.45, 2.75) is 20.3 Å². The van der Waals surface area contributed by atoms with Gasteiger partial charge in [0.05, 0.1) is 5.56 Å². The molecule has 0 spiro atoms. The molecule has 4 heteroatoms. The first-order chi connectivity index (χ1) is 10.1. The maximum absolute atomic E-state index is 13.7. The zero-order valence-corrected chi connectivity index (χ0v) is 13.0. The van der Waals surface area contributed by atoms with Gasteiger partial charge in [-0.05, 0) is 25.1 Å². The van der Waals surface area contributed by atoms with Crippen LogP contribution in [0.1, 0.15) is 30.6 Å². The van der Waals surface area contributed by atoms with Gasteiger partial charge in [-0.2, -0.15) is 0 Å². The van der Waals surface area contributed by atoms with Gasteiger partial charge in [0.25, 0.3) is 0 Å². The zero-order valence-electron chi connectivity index (χ0n) is 13.0. The number of rotatable bonds is 6. The average Bonchev–Trinajstić information content (AvgIpc) is 2.49. The number of carbonyl (C=O) groups is 1. The van der Waals surface area contributed by atoms with Gasteiger partial charge >= 0.3 is 0 Å². The van der Waals surface area contributed by atoms with Crippen LogP contribution in [0.3, 0.4) is 0 Å². The summed E-state index contributed by atoms with van der Waals surface area (Å²) in [5.41, 5.74) is 0.217. The van der Waals surface area contributed by atoms with Crippen molar-refractivity contribution in [1.29, 1.82) is 0 Å². The quantitative estimate of drug-likeness (QED) is 0.753. The number of benzene rings is 1. The van der Waals surface area contributed by atoms with E-state index in [2.05, 4.69) is 16.7 Å². The molecule has 0 aliphatic carbocycles. The Morgan fingerprint density at radius 2 is 1.81 bits per heavy atom. The van der Waals surface area contributed by atoms with Crippen molar-refractivity contribution < 1.29 is 9.18 Å². The number of halogens is 1. The number of hydrogen-bond acceptors (Lipinski definition) is 3. The van der Waals surface area contributed by atoms with Crippen LogP contribution in [0.5, 0.6) is 0 Å². The molecule has 1 aromatic carbocycles. The van der Waals surface area contributed by atoms with Crippen molar-refractivity contribution >= 4 is 5.78 Å². The summed E-state index contributed by atoms with van der Waals surface area (Å²) in [6, 6.07) is 6.26. The molecule has 1 fully saturated rings. The number of piperazine rings is 1. The van der Waals surface area contributed by atoms with Crippen molar-refractivity contribution in [3.8, 4) is 0 Å². The molecule has 0 bridgehead atoms. The Labute approximate surface area is 126 Å². The normalized spacial score (nSPS) is 18.6. The second-order valence-electron chi connectivity index (χ2n) is 5.89. The van der Waals surface area contributed by atoms with E-state index >= 15 is 0 Å². The SMILES string of the molecule is CCCN1CCN(CC(C)C(=O)c2ccccc2F)CC1. The molecule has 1 aliphatic rings. The lowest BCUT2D eigenvalue weighted by Gasteiger charge is -2.35. The number of hydrogen-bond donors (Lipinski definition) is 0. The molecule has 3 nitrogen and oxygen atoms in total. The summed E-state index contributed by atoms with van der Waals surface area (Å²) in [5, 5.41) is 0. The lowest BCUT2D eigenvalue weighted by atomic mass is 9.98. The molecule has 1 atom stereocenters. The van der Waals surface area contributed by atoms with E-state index in [1.165, 1.54) is 12.5 Å². The molecule has 1 aromatic rings. The monoisotopic (exact) mass is 292 g/mol. The smallest absolute Gasteiger partial charge is 0.169 e. The third-order valence-electron chi connectivity index (χ3n) is 4.12. The van der Waals surface area contributed by atoms with Crippen molar-refractivity contribution in [1.82, 2.24) is 9.80 Å². The van der Waals surface area contributed by atoms with E-state index in [9.17, 15) is 9.18 Å². The summed E-state index contributed by atoms with van der Waals surface area (Å²) in [5.74, 6) is -0.675. The minimum atomic E-state index is -0.415. The second-order valence-corrected chi connectivity index (χ2v) is 5.89. The van der Waals surface area contributed by atoms with Gasteiger partial charge < -0.3 is 9.80 Å². The van der Waals surface area contributed by atoms with Crippen LogP contribution in [0, 0.1) is 11.7 Å². The summed E-state index contributed by atoms with van der Waals surface area (Å²) in [7, 11) is 0. The van der Waals surface area contributed by atoms with E-state index in [4.69, 9.17) is 0 Å². The first-order valence-corrected chi connectivity index (χ1v) is 7.85. The van der Waals surface area contributed by atoms with E-state index < -0.39 is 5.82 Å². The fourth-order valence-electron chi connectivity index (χ4n) is 2.91. The largest absolute Gasteiger partial charge is 0.301 e. The molecular weight excluding hydrogens is 267 g/mol. The van der Waals surface area contributed by atoms with E-state index in [-0.39, 0.29) is 17.3 Å². The third kappa shape index (κ3) is 4.35. The standard InChI is InChI=1S/C17H25FN2O/c1-3-8-19-9-11-20(12-10-19)13-14(2)17(21)15-6-4-5-7-16(15)18/h4-7,14H,3,8-13H2,1-2H3. The molecule has 0 aromatic heterocycles. The first kappa shape index (κ1) is 16.1. The van der Waals surface area contributed by atoms with Crippen LogP contribution in [0.25, 0.3) is 0 Å². The van der Waals surface area contributed by atoms with Crippen LogP contribution >= 0.6 is 0 Å². The third-order valence-corrected chi connectivity index (χ3v) is 4.12. The predicted octanol–water partition coefficient (Wildman–Crippen LogP) is 2.67. The highest BCUT2D eigenvalue weighted by Gasteiger charge is 2.23. The van der Waals surface area contributed by atoms with E-state index in [0.29, 0.717) is 6.54 Å². The summed E-state index contributed by atoms with van der Waals surface area (Å²) in [4.78, 5) is 17.1. The summed E-state index contributed by atoms with van der Waals surface area (Å²) in [6.45, 7) is 10.1. The van der Waals surface area contributed by atoms with Crippen molar-refractivity contribution in [2.75, 3.05) is 39.3 Å². The van der Waals surface area contributed by atoms with Gasteiger partial charge in [0, 0.05) is 38.6 Å².